The molecule has 5 heterocycles. The van der Waals surface area contributed by atoms with Crippen molar-refractivity contribution in [3.8, 4) is 0 Å². The van der Waals surface area contributed by atoms with Crippen molar-refractivity contribution in [2.24, 2.45) is 5.92 Å². The number of hydrogen-bond donors (Lipinski definition) is 2. The van der Waals surface area contributed by atoms with E-state index in [1.165, 1.54) is 0 Å². The first-order valence-corrected chi connectivity index (χ1v) is 22.2. The number of fused-ring (bicyclic) bond motifs is 5. The molecule has 0 aliphatic carbocycles. The van der Waals surface area contributed by atoms with E-state index in [0.717, 1.165) is 66.9 Å². The van der Waals surface area contributed by atoms with Crippen LogP contribution < -0.4 is 0 Å². The third-order valence-electron chi connectivity index (χ3n) is 14.2. The summed E-state index contributed by atoms with van der Waals surface area (Å²) in [7, 11) is 0. The van der Waals surface area contributed by atoms with E-state index in [9.17, 15) is 15.0 Å². The van der Waals surface area contributed by atoms with E-state index in [4.69, 9.17) is 28.4 Å². The lowest BCUT2D eigenvalue weighted by atomic mass is 9.79. The van der Waals surface area contributed by atoms with Crippen LogP contribution >= 0.6 is 0 Å². The van der Waals surface area contributed by atoms with E-state index in [1.54, 1.807) is 6.08 Å². The molecule has 0 radical (unpaired) electrons. The van der Waals surface area contributed by atoms with Gasteiger partial charge in [0, 0.05) is 12.8 Å². The Kier molecular flexibility index (Phi) is 13.7. The fourth-order valence-electron chi connectivity index (χ4n) is 10.2. The van der Waals surface area contributed by atoms with Crippen molar-refractivity contribution in [1.29, 1.82) is 0 Å². The van der Waals surface area contributed by atoms with Crippen LogP contribution in [-0.4, -0.2) is 94.5 Å². The zero-order chi connectivity index (χ0) is 42.0. The minimum absolute atomic E-state index is 0.0162. The van der Waals surface area contributed by atoms with Gasteiger partial charge in [-0.25, -0.2) is 4.79 Å². The number of aliphatic hydroxyl groups is 2. The van der Waals surface area contributed by atoms with E-state index in [1.807, 2.05) is 68.5 Å². The average molecular weight is 813 g/mol. The Hall–Kier alpha value is -3.15. The van der Waals surface area contributed by atoms with Gasteiger partial charge in [-0.3, -0.25) is 0 Å². The molecule has 2 aromatic carbocycles. The number of aliphatic hydroxyl groups excluding tert-OH is 1. The monoisotopic (exact) mass is 812 g/mol. The molecule has 0 saturated carbocycles. The topological polar surface area (TPSA) is 113 Å². The van der Waals surface area contributed by atoms with Crippen LogP contribution in [0.25, 0.3) is 10.8 Å². The summed E-state index contributed by atoms with van der Waals surface area (Å²) in [5.41, 5.74) is 0.563. The summed E-state index contributed by atoms with van der Waals surface area (Å²) in [4.78, 5) is 12.7. The number of ether oxygens (including phenoxy) is 6. The number of rotatable bonds is 11. The molecule has 59 heavy (non-hydrogen) atoms. The molecule has 0 amide bonds. The first-order valence-electron chi connectivity index (χ1n) is 22.2. The predicted octanol–water partition coefficient (Wildman–Crippen LogP) is 9.29. The highest BCUT2D eigenvalue weighted by Crippen LogP contribution is 2.49. The molecule has 322 valence electrons. The summed E-state index contributed by atoms with van der Waals surface area (Å²) in [6.07, 6.45) is 15.3. The second-order valence-electron chi connectivity index (χ2n) is 18.8. The van der Waals surface area contributed by atoms with E-state index in [-0.39, 0.29) is 61.2 Å². The molecule has 0 bridgehead atoms. The van der Waals surface area contributed by atoms with Gasteiger partial charge in [-0.05, 0) is 133 Å². The molecule has 5 fully saturated rings. The maximum atomic E-state index is 12.7. The largest absolute Gasteiger partial charge is 0.458 e. The third kappa shape index (κ3) is 9.99. The highest BCUT2D eigenvalue weighted by Gasteiger charge is 2.58. The Labute approximate surface area is 351 Å². The van der Waals surface area contributed by atoms with E-state index in [2.05, 4.69) is 46.4 Å². The van der Waals surface area contributed by atoms with Crippen molar-refractivity contribution in [3.63, 3.8) is 0 Å². The number of allylic oxidation sites excluding steroid dienone is 6. The Bertz CT molecular complexity index is 1880. The van der Waals surface area contributed by atoms with Crippen LogP contribution in [0.5, 0.6) is 0 Å². The van der Waals surface area contributed by atoms with E-state index in [0.29, 0.717) is 31.2 Å². The molecule has 5 aliphatic rings. The minimum atomic E-state index is -0.938. The van der Waals surface area contributed by atoms with Gasteiger partial charge in [-0.1, -0.05) is 73.7 Å². The molecule has 2 N–H and O–H groups in total. The summed E-state index contributed by atoms with van der Waals surface area (Å²) >= 11 is 0. The van der Waals surface area contributed by atoms with Crippen LogP contribution in [0.3, 0.4) is 0 Å². The highest BCUT2D eigenvalue weighted by atomic mass is 16.6. The van der Waals surface area contributed by atoms with Gasteiger partial charge in [0.05, 0.1) is 71.2 Å². The van der Waals surface area contributed by atoms with Crippen molar-refractivity contribution < 1.29 is 43.4 Å². The maximum absolute atomic E-state index is 12.7. The number of hydrogen-bond acceptors (Lipinski definition) is 9. The first-order chi connectivity index (χ1) is 28.2. The van der Waals surface area contributed by atoms with E-state index < -0.39 is 29.0 Å². The van der Waals surface area contributed by atoms with Gasteiger partial charge < -0.3 is 38.6 Å². The van der Waals surface area contributed by atoms with Crippen LogP contribution in [0.4, 0.5) is 0 Å². The van der Waals surface area contributed by atoms with Gasteiger partial charge in [0.1, 0.15) is 12.7 Å². The molecule has 13 atom stereocenters. The number of esters is 1. The molecule has 0 aromatic heterocycles. The van der Waals surface area contributed by atoms with Crippen LogP contribution in [0.2, 0.25) is 0 Å². The van der Waals surface area contributed by atoms with Crippen LogP contribution in [0, 0.1) is 5.92 Å². The standard InChI is InChI=1S/C50H68O9/c1-8-9-10-11-19-43-48(5,53)25-22-40-41(55-43)23-26-49(6)45(56-40)30-42-46(59-49)38(51)31-50(7)44(57-42)28-34(4)39(58-50)18-14-15-32(2)33(3)24-27-54-47(52)37-21-20-35-16-12-13-17-36(35)29-37/h8-10,12-13,15-17,20-21,24,29,34,38-46,51,53H,1,11,14,18-19,22-23,25-28,30-31H2,2-7H3/b10-9-,32-15+,33-24+. The van der Waals surface area contributed by atoms with Gasteiger partial charge >= 0.3 is 5.97 Å². The predicted molar refractivity (Wildman–Crippen MR) is 230 cm³/mol. The zero-order valence-electron chi connectivity index (χ0n) is 36.1. The second-order valence-corrected chi connectivity index (χ2v) is 18.8. The SMILES string of the molecule is C=C/C=C\CCC1OC2CCC3(C)OC4C(O)CC5(C)OC(CC/C=C(C)/C(C)=C/COC(=O)c6ccc7ccccc7c6)C(C)CC5OC4CC3OC2CCC1(C)O. The molecule has 5 saturated heterocycles. The minimum Gasteiger partial charge on any atom is -0.458 e. The lowest BCUT2D eigenvalue weighted by Crippen LogP contribution is -2.59. The molecule has 9 nitrogen and oxygen atoms in total. The van der Waals surface area contributed by atoms with E-state index >= 15 is 0 Å². The number of carbonyl (C=O) groups is 1. The van der Waals surface area contributed by atoms with Crippen molar-refractivity contribution in [1.82, 2.24) is 0 Å². The summed E-state index contributed by atoms with van der Waals surface area (Å²) in [5.74, 6) is -0.0643. The van der Waals surface area contributed by atoms with Crippen LogP contribution in [0.15, 0.2) is 90.6 Å². The molecule has 5 aliphatic heterocycles. The maximum Gasteiger partial charge on any atom is 0.338 e. The molecule has 2 aromatic rings. The summed E-state index contributed by atoms with van der Waals surface area (Å²) < 4.78 is 40.1. The van der Waals surface area contributed by atoms with Gasteiger partial charge in [0.15, 0.2) is 0 Å². The average Bonchev–Trinajstić information content (AvgIpc) is 3.47. The third-order valence-corrected chi connectivity index (χ3v) is 14.2. The summed E-state index contributed by atoms with van der Waals surface area (Å²) in [6.45, 7) is 16.5. The normalized spacial score (nSPS) is 39.2. The van der Waals surface area contributed by atoms with Crippen molar-refractivity contribution in [3.05, 3.63) is 96.1 Å². The molecule has 7 rings (SSSR count). The molecule has 9 heteroatoms. The molecule has 0 spiro atoms. The second kappa shape index (κ2) is 18.4. The fourth-order valence-corrected chi connectivity index (χ4v) is 10.2. The Morgan fingerprint density at radius 1 is 0.864 bits per heavy atom. The van der Waals surface area contributed by atoms with Gasteiger partial charge in [-0.2, -0.15) is 0 Å². The number of benzene rings is 2. The molecule has 13 unspecified atom stereocenters. The zero-order valence-corrected chi connectivity index (χ0v) is 36.1. The van der Waals surface area contributed by atoms with Crippen molar-refractivity contribution in [2.45, 2.75) is 184 Å². The Morgan fingerprint density at radius 2 is 1.58 bits per heavy atom. The Morgan fingerprint density at radius 3 is 2.37 bits per heavy atom. The molecular weight excluding hydrogens is 745 g/mol. The lowest BCUT2D eigenvalue weighted by molar-refractivity contribution is -0.273. The van der Waals surface area contributed by atoms with Crippen LogP contribution in [-0.2, 0) is 28.4 Å². The number of carbonyl (C=O) groups excluding carboxylic acids is 1. The van der Waals surface area contributed by atoms with Crippen molar-refractivity contribution in [2.75, 3.05) is 6.61 Å². The Balaban J connectivity index is 0.933. The van der Waals surface area contributed by atoms with Crippen molar-refractivity contribution >= 4 is 16.7 Å². The quantitative estimate of drug-likeness (QED) is 0.169. The fraction of sp³-hybridized carbons (Fsp3) is 0.620. The van der Waals surface area contributed by atoms with Gasteiger partial charge in [0.2, 0.25) is 0 Å². The summed E-state index contributed by atoms with van der Waals surface area (Å²) in [6, 6.07) is 13.6. The molecular formula is C50H68O9. The van der Waals surface area contributed by atoms with Crippen LogP contribution in [0.1, 0.15) is 123 Å². The lowest BCUT2D eigenvalue weighted by Gasteiger charge is -2.49. The highest BCUT2D eigenvalue weighted by molar-refractivity contribution is 5.95. The van der Waals surface area contributed by atoms with Gasteiger partial charge in [-0.15, -0.1) is 0 Å². The smallest absolute Gasteiger partial charge is 0.338 e. The first kappa shape index (κ1) is 43.9. The van der Waals surface area contributed by atoms with Gasteiger partial charge in [0.25, 0.3) is 0 Å². The summed E-state index contributed by atoms with van der Waals surface area (Å²) in [5, 5.41) is 25.4.